The van der Waals surface area contributed by atoms with E-state index in [0.717, 1.165) is 17.7 Å². The third-order valence-corrected chi connectivity index (χ3v) is 5.11. The monoisotopic (exact) mass is 442 g/mol. The summed E-state index contributed by atoms with van der Waals surface area (Å²) in [5.41, 5.74) is 3.04. The lowest BCUT2D eigenvalue weighted by Crippen LogP contribution is -2.00. The van der Waals surface area contributed by atoms with Gasteiger partial charge in [0.1, 0.15) is 5.82 Å². The van der Waals surface area contributed by atoms with Gasteiger partial charge in [0.25, 0.3) is 0 Å². The number of rotatable bonds is 4. The number of nitrogens with one attached hydrogen (secondary N) is 1. The van der Waals surface area contributed by atoms with Crippen LogP contribution >= 0.6 is 0 Å². The minimum absolute atomic E-state index is 0.209. The Morgan fingerprint density at radius 3 is 2.30 bits per heavy atom. The normalized spacial score (nSPS) is 11.0. The van der Waals surface area contributed by atoms with Crippen LogP contribution in [-0.4, -0.2) is 25.2 Å². The number of hydrogen-bond acceptors (Lipinski definition) is 6. The van der Waals surface area contributed by atoms with Gasteiger partial charge in [-0.15, -0.1) is 0 Å². The Kier molecular flexibility index (Phi) is 5.02. The molecule has 0 atom stereocenters. The number of phenolic OH excluding ortho intramolecular Hbond substituents is 2. The van der Waals surface area contributed by atoms with Crippen LogP contribution in [0.1, 0.15) is 0 Å². The first kappa shape index (κ1) is 20.3. The topological polar surface area (TPSA) is 91.2 Å². The van der Waals surface area contributed by atoms with Gasteiger partial charge in [0.2, 0.25) is 0 Å². The van der Waals surface area contributed by atoms with E-state index in [9.17, 15) is 19.0 Å². The van der Waals surface area contributed by atoms with Crippen molar-refractivity contribution >= 4 is 22.4 Å². The van der Waals surface area contributed by atoms with Gasteiger partial charge in [0, 0.05) is 35.1 Å². The number of hydrogen-bond donors (Lipinski definition) is 3. The number of benzene rings is 3. The van der Waals surface area contributed by atoms with Crippen molar-refractivity contribution in [1.29, 1.82) is 0 Å². The third kappa shape index (κ3) is 4.01. The van der Waals surface area contributed by atoms with Crippen molar-refractivity contribution in [2.24, 2.45) is 0 Å². The number of aromatic hydroxyl groups is 2. The van der Waals surface area contributed by atoms with Gasteiger partial charge in [0.15, 0.2) is 29.0 Å². The molecule has 33 heavy (non-hydrogen) atoms. The van der Waals surface area contributed by atoms with Crippen LogP contribution in [-0.2, 0) is 0 Å². The highest BCUT2D eigenvalue weighted by molar-refractivity contribution is 5.94. The Hall–Kier alpha value is -4.59. The van der Waals surface area contributed by atoms with Crippen LogP contribution in [0, 0.1) is 11.6 Å². The molecule has 5 aromatic rings. The molecule has 0 aliphatic heterocycles. The smallest absolute Gasteiger partial charge is 0.163 e. The molecule has 6 nitrogen and oxygen atoms in total. The molecule has 5 rings (SSSR count). The number of fused-ring (bicyclic) bond motifs is 1. The zero-order chi connectivity index (χ0) is 22.9. The zero-order valence-corrected chi connectivity index (χ0v) is 17.0. The first-order chi connectivity index (χ1) is 16.0. The lowest BCUT2D eigenvalue weighted by molar-refractivity contribution is 0.404. The van der Waals surface area contributed by atoms with Crippen molar-refractivity contribution in [3.8, 4) is 34.0 Å². The number of nitrogens with zero attached hydrogens (tertiary/aromatic N) is 3. The molecule has 3 N–H and O–H groups in total. The summed E-state index contributed by atoms with van der Waals surface area (Å²) in [6.45, 7) is 0. The summed E-state index contributed by atoms with van der Waals surface area (Å²) in [7, 11) is 0. The van der Waals surface area contributed by atoms with Gasteiger partial charge < -0.3 is 15.5 Å². The van der Waals surface area contributed by atoms with Crippen molar-refractivity contribution in [2.45, 2.75) is 0 Å². The van der Waals surface area contributed by atoms with Crippen LogP contribution in [0.5, 0.6) is 11.5 Å². The predicted molar refractivity (Wildman–Crippen MR) is 121 cm³/mol. The van der Waals surface area contributed by atoms with Crippen LogP contribution in [0.15, 0.2) is 79.1 Å². The van der Waals surface area contributed by atoms with E-state index in [4.69, 9.17) is 0 Å². The van der Waals surface area contributed by atoms with E-state index < -0.39 is 11.6 Å². The summed E-state index contributed by atoms with van der Waals surface area (Å²) in [6.07, 6.45) is 3.27. The molecule has 0 aliphatic carbocycles. The maximum absolute atomic E-state index is 13.7. The second kappa shape index (κ2) is 8.16. The van der Waals surface area contributed by atoms with E-state index in [1.54, 1.807) is 30.6 Å². The van der Waals surface area contributed by atoms with Crippen molar-refractivity contribution in [3.05, 3.63) is 90.8 Å². The van der Waals surface area contributed by atoms with Gasteiger partial charge in [-0.1, -0.05) is 12.1 Å². The van der Waals surface area contributed by atoms with Gasteiger partial charge in [-0.25, -0.2) is 18.7 Å². The van der Waals surface area contributed by atoms with Crippen LogP contribution in [0.4, 0.5) is 20.3 Å². The first-order valence-corrected chi connectivity index (χ1v) is 9.94. The molecule has 3 aromatic carbocycles. The van der Waals surface area contributed by atoms with Gasteiger partial charge in [0.05, 0.1) is 5.52 Å². The minimum Gasteiger partial charge on any atom is -0.504 e. The lowest BCUT2D eigenvalue weighted by atomic mass is 10.0. The van der Waals surface area contributed by atoms with E-state index in [1.807, 2.05) is 18.2 Å². The summed E-state index contributed by atoms with van der Waals surface area (Å²) in [6, 6.07) is 17.1. The Morgan fingerprint density at radius 2 is 1.55 bits per heavy atom. The van der Waals surface area contributed by atoms with Crippen molar-refractivity contribution in [1.82, 2.24) is 15.0 Å². The molecule has 2 heterocycles. The molecule has 0 saturated heterocycles. The first-order valence-electron chi connectivity index (χ1n) is 9.94. The van der Waals surface area contributed by atoms with Crippen molar-refractivity contribution in [2.75, 3.05) is 5.32 Å². The lowest BCUT2D eigenvalue weighted by Gasteiger charge is -2.13. The maximum Gasteiger partial charge on any atom is 0.163 e. The summed E-state index contributed by atoms with van der Waals surface area (Å²) in [5, 5.41) is 23.2. The quantitative estimate of drug-likeness (QED) is 0.305. The minimum atomic E-state index is -0.972. The van der Waals surface area contributed by atoms with E-state index in [0.29, 0.717) is 39.4 Å². The average molecular weight is 442 g/mol. The van der Waals surface area contributed by atoms with Gasteiger partial charge >= 0.3 is 0 Å². The van der Waals surface area contributed by atoms with Crippen LogP contribution in [0.25, 0.3) is 33.4 Å². The van der Waals surface area contributed by atoms with E-state index >= 15 is 0 Å². The van der Waals surface area contributed by atoms with Crippen LogP contribution in [0.3, 0.4) is 0 Å². The molecular weight excluding hydrogens is 426 g/mol. The molecule has 0 aliphatic rings. The molecular formula is C25H16F2N4O2. The zero-order valence-electron chi connectivity index (χ0n) is 17.0. The number of aromatic nitrogens is 3. The molecule has 0 radical (unpaired) electrons. The number of anilines is 2. The fourth-order valence-corrected chi connectivity index (χ4v) is 3.44. The Balaban J connectivity index is 1.67. The fraction of sp³-hybridized carbons (Fsp3) is 0. The molecule has 0 bridgehead atoms. The highest BCUT2D eigenvalue weighted by Crippen LogP contribution is 2.34. The highest BCUT2D eigenvalue weighted by Gasteiger charge is 2.13. The summed E-state index contributed by atoms with van der Waals surface area (Å²) in [4.78, 5) is 13.4. The van der Waals surface area contributed by atoms with Crippen molar-refractivity contribution in [3.63, 3.8) is 0 Å². The summed E-state index contributed by atoms with van der Waals surface area (Å²) >= 11 is 0. The molecule has 8 heteroatoms. The second-order valence-corrected chi connectivity index (χ2v) is 7.33. The summed E-state index contributed by atoms with van der Waals surface area (Å²) in [5.74, 6) is -1.55. The second-order valence-electron chi connectivity index (χ2n) is 7.33. The number of phenols is 2. The fourth-order valence-electron chi connectivity index (χ4n) is 3.44. The SMILES string of the molecule is Oc1ccc(-c2ccc3c(Nc4ccc(F)c(F)c4)nc(-c4cccnc4)nc3c2)cc1O. The molecule has 162 valence electrons. The predicted octanol–water partition coefficient (Wildman–Crippen LogP) is 5.79. The van der Waals surface area contributed by atoms with Gasteiger partial charge in [-0.3, -0.25) is 4.98 Å². The molecule has 0 saturated carbocycles. The Labute approximate surface area is 186 Å². The standard InChI is InChI=1S/C25H16F2N4O2/c26-19-7-5-17(12-20(19)27)29-25-18-6-3-14(15-4-8-22(32)23(33)11-15)10-21(18)30-24(31-25)16-2-1-9-28-13-16/h1-13,32-33H,(H,29,30,31). The van der Waals surface area contributed by atoms with Gasteiger partial charge in [-0.05, 0) is 59.7 Å². The van der Waals surface area contributed by atoms with Crippen molar-refractivity contribution < 1.29 is 19.0 Å². The largest absolute Gasteiger partial charge is 0.504 e. The molecule has 2 aromatic heterocycles. The van der Waals surface area contributed by atoms with Crippen LogP contribution < -0.4 is 5.32 Å². The van der Waals surface area contributed by atoms with E-state index in [1.165, 1.54) is 18.2 Å². The molecule has 0 spiro atoms. The van der Waals surface area contributed by atoms with Crippen LogP contribution in [0.2, 0.25) is 0 Å². The Morgan fingerprint density at radius 1 is 0.727 bits per heavy atom. The number of halogens is 2. The summed E-state index contributed by atoms with van der Waals surface area (Å²) < 4.78 is 27.1. The van der Waals surface area contributed by atoms with Gasteiger partial charge in [-0.2, -0.15) is 0 Å². The molecule has 0 unspecified atom stereocenters. The van der Waals surface area contributed by atoms with E-state index in [2.05, 4.69) is 20.3 Å². The maximum atomic E-state index is 13.7. The average Bonchev–Trinajstić information content (AvgIpc) is 2.83. The third-order valence-electron chi connectivity index (χ3n) is 5.11. The number of pyridine rings is 1. The van der Waals surface area contributed by atoms with E-state index in [-0.39, 0.29) is 11.5 Å². The molecule has 0 fully saturated rings. The molecule has 0 amide bonds. The Bertz CT molecular complexity index is 1490. The highest BCUT2D eigenvalue weighted by atomic mass is 19.2.